The Morgan fingerprint density at radius 2 is 1.53 bits per heavy atom. The molecule has 1 aliphatic heterocycles. The number of methoxy groups -OCH3 is 2. The van der Waals surface area contributed by atoms with Gasteiger partial charge in [0.15, 0.2) is 17.0 Å². The molecule has 1 saturated heterocycles. The molecule has 1 amide bonds. The third kappa shape index (κ3) is 8.84. The molecule has 0 saturated carbocycles. The first-order valence-corrected chi connectivity index (χ1v) is 19.4. The Labute approximate surface area is 333 Å². The third-order valence-corrected chi connectivity index (χ3v) is 10.4. The van der Waals surface area contributed by atoms with E-state index < -0.39 is 24.0 Å². The van der Waals surface area contributed by atoms with Crippen LogP contribution < -0.4 is 20.1 Å². The second-order valence-corrected chi connectivity index (χ2v) is 14.7. The lowest BCUT2D eigenvalue weighted by Gasteiger charge is -2.37. The number of fused-ring (bicyclic) bond motifs is 1. The molecule has 3 heterocycles. The maximum Gasteiger partial charge on any atom is 0.256 e. The molecule has 1 unspecified atom stereocenters. The monoisotopic (exact) mass is 770 g/mol. The number of carbonyl (C=O) groups is 1. The number of nitrogens with one attached hydrogen (secondary N) is 2. The van der Waals surface area contributed by atoms with Crippen LogP contribution in [0.4, 0.5) is 5.82 Å². The van der Waals surface area contributed by atoms with Gasteiger partial charge in [-0.1, -0.05) is 80.6 Å². The van der Waals surface area contributed by atoms with Crippen molar-refractivity contribution in [2.24, 2.45) is 5.92 Å². The molecule has 0 radical (unpaired) electrons. The van der Waals surface area contributed by atoms with E-state index in [1.54, 1.807) is 25.1 Å². The van der Waals surface area contributed by atoms with Crippen LogP contribution in [0.5, 0.6) is 11.5 Å². The lowest BCUT2D eigenvalue weighted by atomic mass is 9.80. The number of amides is 1. The fourth-order valence-electron chi connectivity index (χ4n) is 7.29. The van der Waals surface area contributed by atoms with E-state index in [1.807, 2.05) is 103 Å². The molecule has 0 aliphatic carbocycles. The molecule has 12 heteroatoms. The van der Waals surface area contributed by atoms with E-state index in [1.165, 1.54) is 12.7 Å². The Morgan fingerprint density at radius 1 is 0.877 bits per heavy atom. The minimum absolute atomic E-state index is 0.0561. The summed E-state index contributed by atoms with van der Waals surface area (Å²) in [6, 6.07) is 33.1. The lowest BCUT2D eigenvalue weighted by molar-refractivity contribution is -0.0931. The topological polar surface area (TPSA) is 142 Å². The van der Waals surface area contributed by atoms with Crippen LogP contribution in [0.1, 0.15) is 71.9 Å². The van der Waals surface area contributed by atoms with Crippen molar-refractivity contribution in [3.63, 3.8) is 0 Å². The Balaban J connectivity index is 1.07. The van der Waals surface area contributed by atoms with Crippen LogP contribution in [0.3, 0.4) is 0 Å². The van der Waals surface area contributed by atoms with Crippen molar-refractivity contribution in [2.75, 3.05) is 32.7 Å². The Bertz CT molecular complexity index is 2160. The van der Waals surface area contributed by atoms with Gasteiger partial charge in [-0.05, 0) is 84.0 Å². The highest BCUT2D eigenvalue weighted by molar-refractivity contribution is 6.06. The van der Waals surface area contributed by atoms with Crippen LogP contribution in [0.15, 0.2) is 116 Å². The van der Waals surface area contributed by atoms with E-state index >= 15 is 0 Å². The zero-order valence-corrected chi connectivity index (χ0v) is 32.8. The maximum absolute atomic E-state index is 13.3. The normalized spacial score (nSPS) is 16.9. The molecule has 12 nitrogen and oxygen atoms in total. The lowest BCUT2D eigenvalue weighted by Crippen LogP contribution is -2.38. The molecule has 3 atom stereocenters. The molecule has 7 rings (SSSR count). The summed E-state index contributed by atoms with van der Waals surface area (Å²) in [6.45, 7) is 6.22. The largest absolute Gasteiger partial charge is 0.497 e. The standard InChI is InChI=1S/C45H50N6O6/c1-30(2)9-8-24-46-26-31-12-14-32(15-13-31)44(53)50-42-41-43(48-28-47-42)51(29-49-41)40-25-38(52)39(57-40)27-56-45(33-10-6-5-7-11-33,34-16-20-36(54-3)21-17-34)35-18-22-37(55-4)23-19-35/h5-7,10-23,28-30,38-40,46,52H,8-9,24-27H2,1-4H3,(H,47,48,50,53)/t38?,39-,40-/m1/s1. The highest BCUT2D eigenvalue weighted by atomic mass is 16.6. The number of anilines is 1. The van der Waals surface area contributed by atoms with E-state index in [0.29, 0.717) is 22.6 Å². The van der Waals surface area contributed by atoms with Gasteiger partial charge in [0.25, 0.3) is 5.91 Å². The smallest absolute Gasteiger partial charge is 0.256 e. The minimum Gasteiger partial charge on any atom is -0.497 e. The van der Waals surface area contributed by atoms with Crippen molar-refractivity contribution in [1.82, 2.24) is 24.8 Å². The molecular formula is C45H50N6O6. The van der Waals surface area contributed by atoms with Crippen LogP contribution in [0.2, 0.25) is 0 Å². The second-order valence-electron chi connectivity index (χ2n) is 14.7. The number of aromatic nitrogens is 4. The summed E-state index contributed by atoms with van der Waals surface area (Å²) in [6.07, 6.45) is 3.44. The second kappa shape index (κ2) is 18.1. The molecule has 296 valence electrons. The van der Waals surface area contributed by atoms with E-state index in [2.05, 4.69) is 39.4 Å². The molecule has 1 fully saturated rings. The first-order chi connectivity index (χ1) is 27.8. The van der Waals surface area contributed by atoms with Crippen molar-refractivity contribution in [1.29, 1.82) is 0 Å². The Kier molecular flexibility index (Phi) is 12.5. The van der Waals surface area contributed by atoms with E-state index in [0.717, 1.165) is 53.3 Å². The predicted molar refractivity (Wildman–Crippen MR) is 218 cm³/mol. The SMILES string of the molecule is COc1ccc(C(OC[C@H]2O[C@@H](n3cnc4c(NC(=O)c5ccc(CNCCCC(C)C)cc5)ncnc43)CC2O)(c2ccccc2)c2ccc(OC)cc2)cc1. The van der Waals surface area contributed by atoms with Gasteiger partial charge in [0.2, 0.25) is 0 Å². The van der Waals surface area contributed by atoms with Gasteiger partial charge in [0.05, 0.1) is 33.3 Å². The summed E-state index contributed by atoms with van der Waals surface area (Å²) in [5.74, 6) is 2.11. The van der Waals surface area contributed by atoms with Crippen LogP contribution >= 0.6 is 0 Å². The minimum atomic E-state index is -1.08. The first kappa shape index (κ1) is 39.6. The van der Waals surface area contributed by atoms with Crippen LogP contribution in [-0.2, 0) is 21.6 Å². The molecule has 2 aromatic heterocycles. The first-order valence-electron chi connectivity index (χ1n) is 19.4. The average Bonchev–Trinajstić information content (AvgIpc) is 3.85. The molecule has 1 aliphatic rings. The number of aliphatic hydroxyl groups excluding tert-OH is 1. The molecule has 6 aromatic rings. The zero-order valence-electron chi connectivity index (χ0n) is 32.8. The van der Waals surface area contributed by atoms with Gasteiger partial charge >= 0.3 is 0 Å². The van der Waals surface area contributed by atoms with Crippen LogP contribution in [0.25, 0.3) is 11.2 Å². The summed E-state index contributed by atoms with van der Waals surface area (Å²) in [7, 11) is 3.27. The average molecular weight is 771 g/mol. The van der Waals surface area contributed by atoms with Crippen molar-refractivity contribution in [2.45, 2.75) is 63.7 Å². The number of benzene rings is 4. The number of rotatable bonds is 17. The Hall–Kier alpha value is -5.66. The van der Waals surface area contributed by atoms with Gasteiger partial charge < -0.3 is 34.7 Å². The zero-order chi connectivity index (χ0) is 39.8. The van der Waals surface area contributed by atoms with Crippen molar-refractivity contribution >= 4 is 22.9 Å². The predicted octanol–water partition coefficient (Wildman–Crippen LogP) is 7.28. The fourth-order valence-corrected chi connectivity index (χ4v) is 7.29. The number of hydrogen-bond donors (Lipinski definition) is 3. The molecule has 0 spiro atoms. The van der Waals surface area contributed by atoms with E-state index in [9.17, 15) is 9.90 Å². The number of imidazole rings is 1. The van der Waals surface area contributed by atoms with Gasteiger partial charge in [-0.2, -0.15) is 0 Å². The quantitative estimate of drug-likeness (QED) is 0.0640. The van der Waals surface area contributed by atoms with Gasteiger partial charge in [-0.15, -0.1) is 0 Å². The molecule has 3 N–H and O–H groups in total. The van der Waals surface area contributed by atoms with Gasteiger partial charge in [-0.3, -0.25) is 9.36 Å². The Morgan fingerprint density at radius 3 is 2.16 bits per heavy atom. The molecule has 0 bridgehead atoms. The van der Waals surface area contributed by atoms with Crippen LogP contribution in [-0.4, -0.2) is 70.1 Å². The van der Waals surface area contributed by atoms with E-state index in [-0.39, 0.29) is 24.8 Å². The highest BCUT2D eigenvalue weighted by Gasteiger charge is 2.42. The number of ether oxygens (including phenoxy) is 4. The molecule has 4 aromatic carbocycles. The van der Waals surface area contributed by atoms with Crippen molar-refractivity contribution in [3.05, 3.63) is 144 Å². The number of carbonyl (C=O) groups excluding carboxylic acids is 1. The number of aliphatic hydroxyl groups is 1. The maximum atomic E-state index is 13.3. The van der Waals surface area contributed by atoms with E-state index in [4.69, 9.17) is 18.9 Å². The highest BCUT2D eigenvalue weighted by Crippen LogP contribution is 2.43. The molecule has 57 heavy (non-hydrogen) atoms. The summed E-state index contributed by atoms with van der Waals surface area (Å²) >= 11 is 0. The summed E-state index contributed by atoms with van der Waals surface area (Å²) < 4.78 is 26.3. The fraction of sp³-hybridized carbons (Fsp3) is 0.333. The summed E-state index contributed by atoms with van der Waals surface area (Å²) in [5, 5.41) is 17.8. The summed E-state index contributed by atoms with van der Waals surface area (Å²) in [5.41, 5.74) is 4.05. The third-order valence-electron chi connectivity index (χ3n) is 10.4. The van der Waals surface area contributed by atoms with Gasteiger partial charge in [0, 0.05) is 18.5 Å². The van der Waals surface area contributed by atoms with Crippen molar-refractivity contribution < 1.29 is 28.8 Å². The number of nitrogens with zero attached hydrogens (tertiary/aromatic N) is 4. The molecular weight excluding hydrogens is 721 g/mol. The van der Waals surface area contributed by atoms with Gasteiger partial charge in [-0.25, -0.2) is 15.0 Å². The van der Waals surface area contributed by atoms with Crippen LogP contribution in [0, 0.1) is 5.92 Å². The number of hydrogen-bond acceptors (Lipinski definition) is 10. The van der Waals surface area contributed by atoms with Gasteiger partial charge in [0.1, 0.15) is 35.8 Å². The summed E-state index contributed by atoms with van der Waals surface area (Å²) in [4.78, 5) is 26.7. The van der Waals surface area contributed by atoms with Crippen molar-refractivity contribution in [3.8, 4) is 11.5 Å².